The molecule has 2 amide bonds. The molecule has 136 valence electrons. The molecule has 0 aliphatic rings. The summed E-state index contributed by atoms with van der Waals surface area (Å²) in [6, 6.07) is 20.1. The summed E-state index contributed by atoms with van der Waals surface area (Å²) in [4.78, 5) is 24.3. The van der Waals surface area contributed by atoms with Gasteiger partial charge in [-0.1, -0.05) is 36.0 Å². The van der Waals surface area contributed by atoms with Crippen LogP contribution in [0.2, 0.25) is 0 Å². The summed E-state index contributed by atoms with van der Waals surface area (Å²) < 4.78 is 5.65. The van der Waals surface area contributed by atoms with E-state index in [1.165, 1.54) is 24.9 Å². The molecule has 7 heteroatoms. The number of hydrazone groups is 1. The van der Waals surface area contributed by atoms with Gasteiger partial charge in [0.2, 0.25) is 5.91 Å². The number of anilines is 1. The molecule has 27 heavy (non-hydrogen) atoms. The topological polar surface area (TPSA) is 83.7 Å². The maximum Gasteiger partial charge on any atom is 0.271 e. The molecule has 0 saturated carbocycles. The van der Waals surface area contributed by atoms with Gasteiger partial charge in [0.25, 0.3) is 5.91 Å². The number of carbonyl (C=O) groups is 2. The fourth-order valence-electron chi connectivity index (χ4n) is 2.22. The standard InChI is InChI=1S/C20H17N3O3S/c1-14(24)22-16-7-5-6-15(12-16)20(25)23-21-13-17-10-11-19(26-17)27-18-8-3-2-4-9-18/h2-13H,1H3,(H,22,24)(H,23,25)/b21-13-. The number of rotatable bonds is 6. The van der Waals surface area contributed by atoms with Gasteiger partial charge in [-0.05, 0) is 42.5 Å². The molecule has 0 saturated heterocycles. The molecular formula is C20H17N3O3S. The van der Waals surface area contributed by atoms with Gasteiger partial charge in [-0.3, -0.25) is 9.59 Å². The second-order valence-electron chi connectivity index (χ2n) is 5.53. The number of hydrogen-bond acceptors (Lipinski definition) is 5. The molecule has 0 bridgehead atoms. The summed E-state index contributed by atoms with van der Waals surface area (Å²) >= 11 is 1.50. The van der Waals surface area contributed by atoms with Crippen LogP contribution in [0.3, 0.4) is 0 Å². The number of nitrogens with one attached hydrogen (secondary N) is 2. The summed E-state index contributed by atoms with van der Waals surface area (Å²) in [6.07, 6.45) is 1.44. The quantitative estimate of drug-likeness (QED) is 0.498. The lowest BCUT2D eigenvalue weighted by molar-refractivity contribution is -0.114. The Morgan fingerprint density at radius 1 is 1.04 bits per heavy atom. The second kappa shape index (κ2) is 8.86. The van der Waals surface area contributed by atoms with Crippen molar-refractivity contribution in [3.8, 4) is 0 Å². The van der Waals surface area contributed by atoms with Gasteiger partial charge in [-0.2, -0.15) is 5.10 Å². The van der Waals surface area contributed by atoms with Gasteiger partial charge < -0.3 is 9.73 Å². The third-order valence-electron chi connectivity index (χ3n) is 3.37. The SMILES string of the molecule is CC(=O)Nc1cccc(C(=O)N/N=C\c2ccc(Sc3ccccc3)o2)c1. The number of amides is 2. The van der Waals surface area contributed by atoms with Crippen LogP contribution in [0.5, 0.6) is 0 Å². The van der Waals surface area contributed by atoms with Crippen molar-refractivity contribution in [3.63, 3.8) is 0 Å². The van der Waals surface area contributed by atoms with Crippen molar-refractivity contribution in [3.05, 3.63) is 78.1 Å². The van der Waals surface area contributed by atoms with Crippen LogP contribution in [0.15, 0.2) is 86.2 Å². The fraction of sp³-hybridized carbons (Fsp3) is 0.0500. The minimum Gasteiger partial charge on any atom is -0.448 e. The lowest BCUT2D eigenvalue weighted by Gasteiger charge is -2.04. The molecule has 0 spiro atoms. The first-order chi connectivity index (χ1) is 13.1. The van der Waals surface area contributed by atoms with E-state index in [9.17, 15) is 9.59 Å². The lowest BCUT2D eigenvalue weighted by atomic mass is 10.2. The molecular weight excluding hydrogens is 362 g/mol. The van der Waals surface area contributed by atoms with E-state index in [-0.39, 0.29) is 11.8 Å². The van der Waals surface area contributed by atoms with E-state index >= 15 is 0 Å². The van der Waals surface area contributed by atoms with Crippen LogP contribution < -0.4 is 10.7 Å². The van der Waals surface area contributed by atoms with Crippen LogP contribution in [0, 0.1) is 0 Å². The first-order valence-corrected chi connectivity index (χ1v) is 8.95. The van der Waals surface area contributed by atoms with Gasteiger partial charge in [-0.15, -0.1) is 0 Å². The van der Waals surface area contributed by atoms with Crippen molar-refractivity contribution < 1.29 is 14.0 Å². The minimum atomic E-state index is -0.385. The largest absolute Gasteiger partial charge is 0.448 e. The molecule has 0 radical (unpaired) electrons. The van der Waals surface area contributed by atoms with Crippen molar-refractivity contribution in [2.24, 2.45) is 5.10 Å². The van der Waals surface area contributed by atoms with Crippen LogP contribution in [0.4, 0.5) is 5.69 Å². The molecule has 6 nitrogen and oxygen atoms in total. The zero-order valence-electron chi connectivity index (χ0n) is 14.5. The van der Waals surface area contributed by atoms with Gasteiger partial charge in [-0.25, -0.2) is 5.43 Å². The summed E-state index contributed by atoms with van der Waals surface area (Å²) in [5.74, 6) is -0.0582. The van der Waals surface area contributed by atoms with E-state index in [4.69, 9.17) is 4.42 Å². The van der Waals surface area contributed by atoms with E-state index in [1.807, 2.05) is 36.4 Å². The van der Waals surface area contributed by atoms with Gasteiger partial charge >= 0.3 is 0 Å². The fourth-order valence-corrected chi connectivity index (χ4v) is 3.02. The normalized spacial score (nSPS) is 10.7. The molecule has 1 heterocycles. The smallest absolute Gasteiger partial charge is 0.271 e. The molecule has 0 atom stereocenters. The van der Waals surface area contributed by atoms with Crippen molar-refractivity contribution >= 4 is 35.5 Å². The number of furan rings is 1. The Balaban J connectivity index is 1.57. The minimum absolute atomic E-state index is 0.201. The molecule has 0 aliphatic heterocycles. The summed E-state index contributed by atoms with van der Waals surface area (Å²) in [5.41, 5.74) is 3.37. The molecule has 1 aromatic heterocycles. The highest BCUT2D eigenvalue weighted by atomic mass is 32.2. The molecule has 2 aromatic carbocycles. The van der Waals surface area contributed by atoms with Crippen LogP contribution in [0.1, 0.15) is 23.0 Å². The molecule has 0 aliphatic carbocycles. The van der Waals surface area contributed by atoms with Crippen molar-refractivity contribution in [2.45, 2.75) is 16.9 Å². The lowest BCUT2D eigenvalue weighted by Crippen LogP contribution is -2.18. The summed E-state index contributed by atoms with van der Waals surface area (Å²) in [5, 5.41) is 7.28. The zero-order chi connectivity index (χ0) is 19.1. The maximum atomic E-state index is 12.1. The third kappa shape index (κ3) is 5.58. The van der Waals surface area contributed by atoms with Gasteiger partial charge in [0, 0.05) is 23.1 Å². The summed E-state index contributed by atoms with van der Waals surface area (Å²) in [6.45, 7) is 1.41. The molecule has 3 aromatic rings. The number of nitrogens with zero attached hydrogens (tertiary/aromatic N) is 1. The Labute approximate surface area is 160 Å². The monoisotopic (exact) mass is 379 g/mol. The van der Waals surface area contributed by atoms with Crippen molar-refractivity contribution in [1.82, 2.24) is 5.43 Å². The highest BCUT2D eigenvalue weighted by Gasteiger charge is 2.06. The Hall–Kier alpha value is -3.32. The zero-order valence-corrected chi connectivity index (χ0v) is 15.3. The Bertz CT molecular complexity index is 967. The second-order valence-corrected chi connectivity index (χ2v) is 6.61. The summed E-state index contributed by atoms with van der Waals surface area (Å²) in [7, 11) is 0. The molecule has 0 fully saturated rings. The average molecular weight is 379 g/mol. The first kappa shape index (κ1) is 18.5. The Morgan fingerprint density at radius 2 is 1.85 bits per heavy atom. The van der Waals surface area contributed by atoms with Gasteiger partial charge in [0.1, 0.15) is 5.76 Å². The molecule has 0 unspecified atom stereocenters. The first-order valence-electron chi connectivity index (χ1n) is 8.14. The highest BCUT2D eigenvalue weighted by Crippen LogP contribution is 2.28. The van der Waals surface area contributed by atoms with E-state index < -0.39 is 0 Å². The molecule has 3 rings (SSSR count). The predicted molar refractivity (Wildman–Crippen MR) is 105 cm³/mol. The van der Waals surface area contributed by atoms with E-state index in [0.29, 0.717) is 17.0 Å². The maximum absolute atomic E-state index is 12.1. The Morgan fingerprint density at radius 3 is 2.63 bits per heavy atom. The van der Waals surface area contributed by atoms with Crippen LogP contribution in [-0.2, 0) is 4.79 Å². The van der Waals surface area contributed by atoms with E-state index in [2.05, 4.69) is 15.8 Å². The average Bonchev–Trinajstić information content (AvgIpc) is 3.09. The predicted octanol–water partition coefficient (Wildman–Crippen LogP) is 4.15. The van der Waals surface area contributed by atoms with Gasteiger partial charge in [0.05, 0.1) is 6.21 Å². The van der Waals surface area contributed by atoms with E-state index in [0.717, 1.165) is 9.99 Å². The highest BCUT2D eigenvalue weighted by molar-refractivity contribution is 7.99. The number of carbonyl (C=O) groups excluding carboxylic acids is 2. The van der Waals surface area contributed by atoms with Gasteiger partial charge in [0.15, 0.2) is 5.09 Å². The van der Waals surface area contributed by atoms with Crippen LogP contribution >= 0.6 is 11.8 Å². The Kier molecular flexibility index (Phi) is 6.06. The molecule has 2 N–H and O–H groups in total. The van der Waals surface area contributed by atoms with Crippen molar-refractivity contribution in [1.29, 1.82) is 0 Å². The van der Waals surface area contributed by atoms with Crippen LogP contribution in [0.25, 0.3) is 0 Å². The van der Waals surface area contributed by atoms with Crippen LogP contribution in [-0.4, -0.2) is 18.0 Å². The number of hydrogen-bond donors (Lipinski definition) is 2. The van der Waals surface area contributed by atoms with Crippen molar-refractivity contribution in [2.75, 3.05) is 5.32 Å². The number of benzene rings is 2. The third-order valence-corrected chi connectivity index (χ3v) is 4.30. The van der Waals surface area contributed by atoms with E-state index in [1.54, 1.807) is 30.3 Å².